The van der Waals surface area contributed by atoms with Gasteiger partial charge in [0.1, 0.15) is 6.04 Å². The molecule has 1 saturated carbocycles. The standard InChI is InChI=1S/C13H18N4O/c1-17-9-11(8-15-17)13(18)16-12(7-14)10-5-3-2-4-6-10/h8-10,12H,2-6H2,1H3,(H,16,18). The third kappa shape index (κ3) is 2.89. The number of hydrogen-bond donors (Lipinski definition) is 1. The van der Waals surface area contributed by atoms with Crippen molar-refractivity contribution < 1.29 is 4.79 Å². The van der Waals surface area contributed by atoms with Crippen LogP contribution < -0.4 is 5.32 Å². The van der Waals surface area contributed by atoms with Crippen LogP contribution in [0, 0.1) is 17.2 Å². The first-order valence-corrected chi connectivity index (χ1v) is 6.40. The number of carbonyl (C=O) groups is 1. The molecule has 1 atom stereocenters. The highest BCUT2D eigenvalue weighted by Crippen LogP contribution is 2.26. The third-order valence-corrected chi connectivity index (χ3v) is 3.51. The van der Waals surface area contributed by atoms with Gasteiger partial charge in [0, 0.05) is 13.2 Å². The highest BCUT2D eigenvalue weighted by molar-refractivity contribution is 5.94. The van der Waals surface area contributed by atoms with Crippen LogP contribution in [-0.4, -0.2) is 21.7 Å². The number of amides is 1. The summed E-state index contributed by atoms with van der Waals surface area (Å²) < 4.78 is 1.58. The summed E-state index contributed by atoms with van der Waals surface area (Å²) in [5.74, 6) is 0.0876. The average molecular weight is 246 g/mol. The van der Waals surface area contributed by atoms with Gasteiger partial charge in [0.05, 0.1) is 17.8 Å². The van der Waals surface area contributed by atoms with Crippen molar-refractivity contribution in [3.63, 3.8) is 0 Å². The SMILES string of the molecule is Cn1cc(C(=O)NC(C#N)C2CCCCC2)cn1. The van der Waals surface area contributed by atoms with Gasteiger partial charge in [0.15, 0.2) is 0 Å². The number of nitriles is 1. The summed E-state index contributed by atoms with van der Waals surface area (Å²) in [5, 5.41) is 16.0. The molecule has 1 heterocycles. The maximum absolute atomic E-state index is 12.0. The summed E-state index contributed by atoms with van der Waals surface area (Å²) in [6.07, 6.45) is 8.80. The monoisotopic (exact) mass is 246 g/mol. The molecule has 1 aliphatic carbocycles. The molecule has 5 heteroatoms. The molecule has 1 fully saturated rings. The molecule has 1 amide bonds. The predicted molar refractivity (Wildman–Crippen MR) is 66.7 cm³/mol. The van der Waals surface area contributed by atoms with E-state index in [1.54, 1.807) is 17.9 Å². The Morgan fingerprint density at radius 1 is 1.56 bits per heavy atom. The molecule has 0 saturated heterocycles. The molecule has 0 spiro atoms. The van der Waals surface area contributed by atoms with E-state index in [1.807, 2.05) is 0 Å². The largest absolute Gasteiger partial charge is 0.336 e. The molecule has 1 unspecified atom stereocenters. The van der Waals surface area contributed by atoms with Crippen LogP contribution in [0.1, 0.15) is 42.5 Å². The molecule has 1 N–H and O–H groups in total. The van der Waals surface area contributed by atoms with Crippen molar-refractivity contribution in [2.24, 2.45) is 13.0 Å². The number of carbonyl (C=O) groups excluding carboxylic acids is 1. The summed E-state index contributed by atoms with van der Waals surface area (Å²) in [7, 11) is 1.76. The maximum Gasteiger partial charge on any atom is 0.255 e. The van der Waals surface area contributed by atoms with Gasteiger partial charge in [0.2, 0.25) is 0 Å². The van der Waals surface area contributed by atoms with E-state index in [2.05, 4.69) is 16.5 Å². The molecule has 5 nitrogen and oxygen atoms in total. The van der Waals surface area contributed by atoms with Crippen LogP contribution in [0.5, 0.6) is 0 Å². The Kier molecular flexibility index (Phi) is 3.98. The second-order valence-corrected chi connectivity index (χ2v) is 4.88. The number of nitrogens with zero attached hydrogens (tertiary/aromatic N) is 3. The fourth-order valence-electron chi connectivity index (χ4n) is 2.49. The number of aryl methyl sites for hydroxylation is 1. The van der Waals surface area contributed by atoms with Gasteiger partial charge in [-0.2, -0.15) is 10.4 Å². The molecule has 1 aromatic rings. The van der Waals surface area contributed by atoms with Crippen LogP contribution in [0.4, 0.5) is 0 Å². The van der Waals surface area contributed by atoms with Crippen molar-refractivity contribution >= 4 is 5.91 Å². The van der Waals surface area contributed by atoms with E-state index in [-0.39, 0.29) is 11.9 Å². The summed E-state index contributed by atoms with van der Waals surface area (Å²) in [5.41, 5.74) is 0.508. The highest BCUT2D eigenvalue weighted by atomic mass is 16.1. The van der Waals surface area contributed by atoms with Crippen LogP contribution in [-0.2, 0) is 7.05 Å². The van der Waals surface area contributed by atoms with Crippen LogP contribution in [0.25, 0.3) is 0 Å². The minimum atomic E-state index is -0.377. The minimum Gasteiger partial charge on any atom is -0.336 e. The van der Waals surface area contributed by atoms with Crippen LogP contribution >= 0.6 is 0 Å². The Morgan fingerprint density at radius 2 is 2.28 bits per heavy atom. The lowest BCUT2D eigenvalue weighted by Gasteiger charge is -2.26. The number of aromatic nitrogens is 2. The topological polar surface area (TPSA) is 70.7 Å². The molecule has 18 heavy (non-hydrogen) atoms. The molecule has 0 bridgehead atoms. The summed E-state index contributed by atoms with van der Waals surface area (Å²) >= 11 is 0. The first-order valence-electron chi connectivity index (χ1n) is 6.40. The zero-order valence-corrected chi connectivity index (χ0v) is 10.6. The second-order valence-electron chi connectivity index (χ2n) is 4.88. The van der Waals surface area contributed by atoms with Crippen molar-refractivity contribution in [2.45, 2.75) is 38.1 Å². The van der Waals surface area contributed by atoms with E-state index in [1.165, 1.54) is 12.6 Å². The van der Waals surface area contributed by atoms with E-state index < -0.39 is 0 Å². The van der Waals surface area contributed by atoms with Crippen molar-refractivity contribution in [3.05, 3.63) is 18.0 Å². The zero-order valence-electron chi connectivity index (χ0n) is 10.6. The lowest BCUT2D eigenvalue weighted by atomic mass is 9.84. The fourth-order valence-corrected chi connectivity index (χ4v) is 2.49. The van der Waals surface area contributed by atoms with Gasteiger partial charge in [0.25, 0.3) is 5.91 Å². The zero-order chi connectivity index (χ0) is 13.0. The predicted octanol–water partition coefficient (Wildman–Crippen LogP) is 1.62. The van der Waals surface area contributed by atoms with Crippen molar-refractivity contribution in [3.8, 4) is 6.07 Å². The van der Waals surface area contributed by atoms with Gasteiger partial charge < -0.3 is 5.32 Å². The van der Waals surface area contributed by atoms with Crippen LogP contribution in [0.3, 0.4) is 0 Å². The van der Waals surface area contributed by atoms with Crippen LogP contribution in [0.2, 0.25) is 0 Å². The molecule has 2 rings (SSSR count). The molecule has 0 radical (unpaired) electrons. The van der Waals surface area contributed by atoms with Gasteiger partial charge in [-0.3, -0.25) is 9.48 Å². The molecule has 0 aromatic carbocycles. The Bertz CT molecular complexity index is 454. The summed E-state index contributed by atoms with van der Waals surface area (Å²) in [4.78, 5) is 12.0. The second kappa shape index (κ2) is 5.67. The minimum absolute atomic E-state index is 0.208. The van der Waals surface area contributed by atoms with E-state index in [0.717, 1.165) is 25.7 Å². The van der Waals surface area contributed by atoms with Crippen molar-refractivity contribution in [1.82, 2.24) is 15.1 Å². The first-order chi connectivity index (χ1) is 8.70. The maximum atomic E-state index is 12.0. The first kappa shape index (κ1) is 12.6. The van der Waals surface area contributed by atoms with Gasteiger partial charge in [-0.05, 0) is 18.8 Å². The molecular weight excluding hydrogens is 228 g/mol. The molecule has 0 aliphatic heterocycles. The Labute approximate surface area is 107 Å². The lowest BCUT2D eigenvalue weighted by Crippen LogP contribution is -2.40. The number of nitrogens with one attached hydrogen (secondary N) is 1. The van der Waals surface area contributed by atoms with Gasteiger partial charge in [-0.25, -0.2) is 0 Å². The quantitative estimate of drug-likeness (QED) is 0.881. The van der Waals surface area contributed by atoms with E-state index in [4.69, 9.17) is 0 Å². The Morgan fingerprint density at radius 3 is 2.83 bits per heavy atom. The van der Waals surface area contributed by atoms with Gasteiger partial charge >= 0.3 is 0 Å². The lowest BCUT2D eigenvalue weighted by molar-refractivity contribution is 0.0929. The van der Waals surface area contributed by atoms with Crippen LogP contribution in [0.15, 0.2) is 12.4 Å². The van der Waals surface area contributed by atoms with Crippen molar-refractivity contribution in [1.29, 1.82) is 5.26 Å². The normalized spacial score (nSPS) is 18.0. The summed E-state index contributed by atoms with van der Waals surface area (Å²) in [6.45, 7) is 0. The molecule has 1 aromatic heterocycles. The smallest absolute Gasteiger partial charge is 0.255 e. The van der Waals surface area contributed by atoms with Gasteiger partial charge in [-0.1, -0.05) is 19.3 Å². The van der Waals surface area contributed by atoms with E-state index in [0.29, 0.717) is 11.5 Å². The van der Waals surface area contributed by atoms with Crippen molar-refractivity contribution in [2.75, 3.05) is 0 Å². The highest BCUT2D eigenvalue weighted by Gasteiger charge is 2.25. The summed E-state index contributed by atoms with van der Waals surface area (Å²) in [6, 6.07) is 1.84. The molecule has 96 valence electrons. The fraction of sp³-hybridized carbons (Fsp3) is 0.615. The molecule has 1 aliphatic rings. The van der Waals surface area contributed by atoms with Gasteiger partial charge in [-0.15, -0.1) is 0 Å². The Hall–Kier alpha value is -1.83. The average Bonchev–Trinajstić information content (AvgIpc) is 2.83. The number of hydrogen-bond acceptors (Lipinski definition) is 3. The Balaban J connectivity index is 1.98. The number of rotatable bonds is 3. The molecular formula is C13H18N4O. The third-order valence-electron chi connectivity index (χ3n) is 3.51. The van der Waals surface area contributed by atoms with E-state index in [9.17, 15) is 10.1 Å². The van der Waals surface area contributed by atoms with E-state index >= 15 is 0 Å².